The first-order chi connectivity index (χ1) is 23.6. The van der Waals surface area contributed by atoms with Crippen LogP contribution in [-0.2, 0) is 47.9 Å². The minimum absolute atomic E-state index is 0.107. The Kier molecular flexibility index (Phi) is 24.0. The highest BCUT2D eigenvalue weighted by Crippen LogP contribution is 1.93. The molecule has 0 rings (SSSR count). The molecular formula is C30H54N10O11. The molecule has 0 aliphatic heterocycles. The van der Waals surface area contributed by atoms with Crippen LogP contribution >= 0.6 is 0 Å². The van der Waals surface area contributed by atoms with Gasteiger partial charge in [0.15, 0.2) is 0 Å². The molecule has 290 valence electrons. The van der Waals surface area contributed by atoms with Gasteiger partial charge in [0.2, 0.25) is 53.7 Å². The monoisotopic (exact) mass is 730 g/mol. The number of carboxylic acids is 1. The molecule has 21 nitrogen and oxygen atoms in total. The Morgan fingerprint density at radius 2 is 0.882 bits per heavy atom. The van der Waals surface area contributed by atoms with Crippen LogP contribution in [0.2, 0.25) is 0 Å². The lowest BCUT2D eigenvalue weighted by Gasteiger charge is -2.22. The van der Waals surface area contributed by atoms with E-state index in [1.54, 1.807) is 7.05 Å². The van der Waals surface area contributed by atoms with Crippen LogP contribution in [-0.4, -0.2) is 208 Å². The number of hydrogen-bond acceptors (Lipinski definition) is 11. The Morgan fingerprint density at radius 1 is 0.529 bits per heavy atom. The van der Waals surface area contributed by atoms with Crippen LogP contribution in [0, 0.1) is 0 Å². The highest BCUT2D eigenvalue weighted by Gasteiger charge is 2.20. The molecule has 21 heteroatoms. The molecule has 0 fully saturated rings. The fraction of sp³-hybridized carbons (Fsp3) is 0.667. The smallest absolute Gasteiger partial charge is 0.322 e. The summed E-state index contributed by atoms with van der Waals surface area (Å²) in [5.74, 6) is -4.65. The van der Waals surface area contributed by atoms with Crippen LogP contribution in [0.4, 0.5) is 0 Å². The second-order valence-electron chi connectivity index (χ2n) is 11.7. The minimum Gasteiger partial charge on any atom is -0.480 e. The average molecular weight is 731 g/mol. The van der Waals surface area contributed by atoms with Gasteiger partial charge in [-0.1, -0.05) is 13.8 Å². The van der Waals surface area contributed by atoms with E-state index in [-0.39, 0.29) is 76.1 Å². The zero-order valence-corrected chi connectivity index (χ0v) is 30.9. The number of likely N-dealkylation sites (N-methyl/N-ethyl adjacent to an activating group) is 6. The fourth-order valence-electron chi connectivity index (χ4n) is 3.26. The lowest BCUT2D eigenvalue weighted by molar-refractivity contribution is -0.141. The van der Waals surface area contributed by atoms with E-state index in [4.69, 9.17) is 5.11 Å². The van der Waals surface area contributed by atoms with Gasteiger partial charge < -0.3 is 55.8 Å². The van der Waals surface area contributed by atoms with Crippen molar-refractivity contribution >= 4 is 59.6 Å². The summed E-state index contributed by atoms with van der Waals surface area (Å²) in [4.78, 5) is 122. The number of amides is 9. The molecule has 0 bridgehead atoms. The molecule has 0 aromatic heterocycles. The van der Waals surface area contributed by atoms with E-state index in [2.05, 4.69) is 21.3 Å². The maximum Gasteiger partial charge on any atom is 0.322 e. The number of hydrogen-bond donors (Lipinski definition) is 5. The minimum atomic E-state index is -1.21. The van der Waals surface area contributed by atoms with Crippen LogP contribution in [0.1, 0.15) is 20.8 Å². The van der Waals surface area contributed by atoms with Gasteiger partial charge in [0.05, 0.1) is 52.4 Å². The number of rotatable bonds is 21. The Labute approximate surface area is 297 Å². The van der Waals surface area contributed by atoms with Crippen LogP contribution < -0.4 is 21.3 Å². The number of carbonyl (C=O) groups excluding carboxylic acids is 9. The van der Waals surface area contributed by atoms with Crippen molar-refractivity contribution in [1.29, 1.82) is 0 Å². The van der Waals surface area contributed by atoms with E-state index in [9.17, 15) is 47.9 Å². The van der Waals surface area contributed by atoms with E-state index >= 15 is 0 Å². The Hall–Kier alpha value is -5.34. The van der Waals surface area contributed by atoms with Crippen molar-refractivity contribution < 1.29 is 53.1 Å². The highest BCUT2D eigenvalue weighted by molar-refractivity contribution is 5.91. The predicted octanol–water partition coefficient (Wildman–Crippen LogP) is -5.20. The van der Waals surface area contributed by atoms with Gasteiger partial charge in [-0.15, -0.1) is 0 Å². The van der Waals surface area contributed by atoms with Crippen molar-refractivity contribution in [2.24, 2.45) is 0 Å². The molecule has 0 aromatic rings. The molecule has 0 saturated heterocycles. The molecule has 0 spiro atoms. The third-order valence-electron chi connectivity index (χ3n) is 6.65. The second kappa shape index (κ2) is 25.6. The van der Waals surface area contributed by atoms with E-state index in [0.717, 1.165) is 14.7 Å². The molecule has 0 aromatic carbocycles. The normalized spacial score (nSPS) is 10.0. The molecule has 0 radical (unpaired) electrons. The van der Waals surface area contributed by atoms with Gasteiger partial charge in [0.1, 0.15) is 6.54 Å². The summed E-state index contributed by atoms with van der Waals surface area (Å²) in [6.45, 7) is 4.21. The number of nitrogens with zero attached hydrogens (tertiary/aromatic N) is 6. The average Bonchev–Trinajstić information content (AvgIpc) is 3.06. The van der Waals surface area contributed by atoms with E-state index < -0.39 is 42.0 Å². The summed E-state index contributed by atoms with van der Waals surface area (Å²) in [6.07, 6.45) is 0.467. The predicted molar refractivity (Wildman–Crippen MR) is 182 cm³/mol. The van der Waals surface area contributed by atoms with E-state index in [1.807, 2.05) is 20.8 Å². The summed E-state index contributed by atoms with van der Waals surface area (Å²) in [5, 5.41) is 18.3. The first-order valence-electron chi connectivity index (χ1n) is 15.7. The van der Waals surface area contributed by atoms with Crippen molar-refractivity contribution in [1.82, 2.24) is 50.7 Å². The zero-order valence-electron chi connectivity index (χ0n) is 30.9. The van der Waals surface area contributed by atoms with Gasteiger partial charge in [-0.05, 0) is 6.92 Å². The van der Waals surface area contributed by atoms with E-state index in [1.165, 1.54) is 49.9 Å². The van der Waals surface area contributed by atoms with Gasteiger partial charge in [0.25, 0.3) is 0 Å². The molecular weight excluding hydrogens is 676 g/mol. The largest absolute Gasteiger partial charge is 0.480 e. The standard InChI is InChI=1S/C16H31N5O4.C14H23N5O7/c1-7-19(4)14(23)9-18-13(22)10-20(5)16(25)11-21(6)15(24)8-17-12(2)3;1-17(9-20)6-10(21)15-4-12(23)19(3)8-13(24)18(2)7-11(22)16-5-14(25)26/h12,17H,7-11H2,1-6H3,(H,18,22);9H,4-8H2,1-3H3,(H,15,21)(H,16,22)(H,25,26). The maximum absolute atomic E-state index is 12.1. The van der Waals surface area contributed by atoms with Crippen molar-refractivity contribution in [2.45, 2.75) is 26.8 Å². The molecule has 0 unspecified atom stereocenters. The molecule has 0 heterocycles. The lowest BCUT2D eigenvalue weighted by atomic mass is 10.3. The quantitative estimate of drug-likeness (QED) is 0.0695. The molecule has 5 N–H and O–H groups in total. The summed E-state index contributed by atoms with van der Waals surface area (Å²) in [6, 6.07) is 0.175. The van der Waals surface area contributed by atoms with E-state index in [0.29, 0.717) is 13.0 Å². The van der Waals surface area contributed by atoms with Gasteiger partial charge in [0, 0.05) is 54.9 Å². The SMILES string of the molecule is CCN(C)C(=O)CNC(=O)CN(C)C(=O)CN(C)C(=O)CNC(C)C.CN(C=O)CC(=O)NCC(=O)N(C)CC(=O)N(C)CC(=O)NCC(=O)O. The van der Waals surface area contributed by atoms with Crippen LogP contribution in [0.25, 0.3) is 0 Å². The highest BCUT2D eigenvalue weighted by atomic mass is 16.4. The van der Waals surface area contributed by atoms with Gasteiger partial charge in [-0.25, -0.2) is 0 Å². The van der Waals surface area contributed by atoms with Crippen molar-refractivity contribution in [3.8, 4) is 0 Å². The third-order valence-corrected chi connectivity index (χ3v) is 6.65. The van der Waals surface area contributed by atoms with Crippen LogP contribution in [0.5, 0.6) is 0 Å². The molecule has 0 saturated carbocycles. The summed E-state index contributed by atoms with van der Waals surface area (Å²) in [7, 11) is 8.75. The number of carbonyl (C=O) groups is 10. The van der Waals surface area contributed by atoms with Gasteiger partial charge in [-0.3, -0.25) is 47.9 Å². The summed E-state index contributed by atoms with van der Waals surface area (Å²) < 4.78 is 0. The topological polar surface area (TPSA) is 258 Å². The second-order valence-corrected chi connectivity index (χ2v) is 11.7. The molecule has 0 aliphatic carbocycles. The van der Waals surface area contributed by atoms with Crippen molar-refractivity contribution in [2.75, 3.05) is 108 Å². The number of nitrogens with one attached hydrogen (secondary N) is 4. The molecule has 9 amide bonds. The summed E-state index contributed by atoms with van der Waals surface area (Å²) >= 11 is 0. The number of aliphatic carboxylic acids is 1. The van der Waals surface area contributed by atoms with Gasteiger partial charge >= 0.3 is 5.97 Å². The fourth-order valence-corrected chi connectivity index (χ4v) is 3.26. The Bertz CT molecular complexity index is 1230. The first-order valence-corrected chi connectivity index (χ1v) is 15.7. The lowest BCUT2D eigenvalue weighted by Crippen LogP contribution is -2.47. The molecule has 0 atom stereocenters. The number of carboxylic acid groups (broad SMARTS) is 1. The Balaban J connectivity index is 0. The van der Waals surface area contributed by atoms with Crippen molar-refractivity contribution in [3.05, 3.63) is 0 Å². The maximum atomic E-state index is 12.1. The summed E-state index contributed by atoms with van der Waals surface area (Å²) in [5.41, 5.74) is 0. The first kappa shape index (κ1) is 47.8. The van der Waals surface area contributed by atoms with Crippen LogP contribution in [0.3, 0.4) is 0 Å². The third kappa shape index (κ3) is 23.6. The van der Waals surface area contributed by atoms with Gasteiger partial charge in [-0.2, -0.15) is 0 Å². The molecule has 0 aliphatic rings. The molecule has 51 heavy (non-hydrogen) atoms. The Morgan fingerprint density at radius 3 is 1.25 bits per heavy atom. The van der Waals surface area contributed by atoms with Crippen molar-refractivity contribution in [3.63, 3.8) is 0 Å². The zero-order chi connectivity index (χ0) is 39.8. The van der Waals surface area contributed by atoms with Crippen LogP contribution in [0.15, 0.2) is 0 Å².